The molecule has 0 spiro atoms. The van der Waals surface area contributed by atoms with Crippen LogP contribution < -0.4 is 11.5 Å². The smallest absolute Gasteiger partial charge is 0.295 e. The highest BCUT2D eigenvalue weighted by Gasteiger charge is 2.20. The number of anilines is 2. The molecule has 0 amide bonds. The molecule has 0 saturated carbocycles. The van der Waals surface area contributed by atoms with E-state index < -0.39 is 30.0 Å². The second-order valence-electron chi connectivity index (χ2n) is 7.13. The van der Waals surface area contributed by atoms with Crippen LogP contribution in [0, 0.1) is 0 Å². The molecule has 4 aromatic rings. The minimum absolute atomic E-state index is 0.0336. The number of para-hydroxylation sites is 1. The van der Waals surface area contributed by atoms with E-state index in [1.165, 1.54) is 18.2 Å². The molecule has 4 aromatic carbocycles. The predicted molar refractivity (Wildman–Crippen MR) is 129 cm³/mol. The molecule has 176 valence electrons. The van der Waals surface area contributed by atoms with Gasteiger partial charge in [-0.05, 0) is 41.8 Å². The van der Waals surface area contributed by atoms with E-state index in [1.807, 2.05) is 30.3 Å². The van der Waals surface area contributed by atoms with Gasteiger partial charge in [0.2, 0.25) is 0 Å². The van der Waals surface area contributed by atoms with Crippen molar-refractivity contribution in [3.63, 3.8) is 0 Å². The van der Waals surface area contributed by atoms with Gasteiger partial charge in [0.25, 0.3) is 20.2 Å². The summed E-state index contributed by atoms with van der Waals surface area (Å²) in [4.78, 5) is 10.7. The molecule has 0 aliphatic rings. The van der Waals surface area contributed by atoms with Crippen LogP contribution in [-0.4, -0.2) is 31.7 Å². The molecule has 0 unspecified atom stereocenters. The summed E-state index contributed by atoms with van der Waals surface area (Å²) >= 11 is 0. The molecule has 6 N–H and O–H groups in total. The van der Waals surface area contributed by atoms with Gasteiger partial charge in [0.1, 0.15) is 4.90 Å². The molecule has 9 nitrogen and oxygen atoms in total. The highest BCUT2D eigenvalue weighted by molar-refractivity contribution is 7.86. The number of ketones is 1. The number of fused-ring (bicyclic) bond motifs is 1. The van der Waals surface area contributed by atoms with Crippen molar-refractivity contribution in [3.8, 4) is 0 Å². The number of nitrogens with two attached hydrogens (primary N) is 2. The van der Waals surface area contributed by atoms with Crippen molar-refractivity contribution >= 4 is 48.2 Å². The monoisotopic (exact) mass is 500 g/mol. The van der Waals surface area contributed by atoms with Gasteiger partial charge in [-0.15, -0.1) is 0 Å². The molecule has 0 aliphatic carbocycles. The molecule has 34 heavy (non-hydrogen) atoms. The first-order valence-electron chi connectivity index (χ1n) is 9.60. The highest BCUT2D eigenvalue weighted by Crippen LogP contribution is 2.28. The Hall–Kier alpha value is -3.77. The minimum Gasteiger partial charge on any atom is -0.399 e. The summed E-state index contributed by atoms with van der Waals surface area (Å²) in [5.74, 6) is -0.0336. The third-order valence-electron chi connectivity index (χ3n) is 4.73. The van der Waals surface area contributed by atoms with Gasteiger partial charge in [-0.3, -0.25) is 13.9 Å². The first-order chi connectivity index (χ1) is 15.9. The van der Waals surface area contributed by atoms with Crippen molar-refractivity contribution < 1.29 is 30.7 Å². The van der Waals surface area contributed by atoms with E-state index in [9.17, 15) is 21.6 Å². The second kappa shape index (κ2) is 9.61. The zero-order chi connectivity index (χ0) is 25.1. The van der Waals surface area contributed by atoms with E-state index in [0.29, 0.717) is 22.9 Å². The molecule has 0 fully saturated rings. The quantitative estimate of drug-likeness (QED) is 0.186. The topological polar surface area (TPSA) is 178 Å². The predicted octanol–water partition coefficient (Wildman–Crippen LogP) is 3.42. The summed E-state index contributed by atoms with van der Waals surface area (Å²) in [5, 5.41) is 0.270. The Bertz CT molecular complexity index is 1580. The Balaban J connectivity index is 0.000000196. The lowest BCUT2D eigenvalue weighted by atomic mass is 10.0. The molecule has 4 rings (SSSR count). The van der Waals surface area contributed by atoms with Gasteiger partial charge in [-0.1, -0.05) is 48.5 Å². The Morgan fingerprint density at radius 2 is 1.32 bits per heavy atom. The molecular formula is C23H20N2O7S2. The van der Waals surface area contributed by atoms with E-state index >= 15 is 0 Å². The van der Waals surface area contributed by atoms with Gasteiger partial charge in [0.05, 0.1) is 4.90 Å². The fourth-order valence-electron chi connectivity index (χ4n) is 3.14. The first kappa shape index (κ1) is 24.9. The lowest BCUT2D eigenvalue weighted by molar-refractivity contribution is 0.103. The van der Waals surface area contributed by atoms with E-state index in [0.717, 1.165) is 6.07 Å². The summed E-state index contributed by atoms with van der Waals surface area (Å²) in [6.07, 6.45) is 0. The van der Waals surface area contributed by atoms with Crippen molar-refractivity contribution in [1.82, 2.24) is 0 Å². The molecule has 0 atom stereocenters. The minimum atomic E-state index is -4.64. The van der Waals surface area contributed by atoms with E-state index in [2.05, 4.69) is 0 Å². The Morgan fingerprint density at radius 3 is 1.91 bits per heavy atom. The Labute approximate surface area is 196 Å². The lowest BCUT2D eigenvalue weighted by Crippen LogP contribution is -2.04. The Kier molecular flexibility index (Phi) is 7.03. The van der Waals surface area contributed by atoms with Crippen molar-refractivity contribution in [2.75, 3.05) is 11.5 Å². The van der Waals surface area contributed by atoms with Crippen LogP contribution in [0.15, 0.2) is 94.7 Å². The van der Waals surface area contributed by atoms with Crippen molar-refractivity contribution in [2.24, 2.45) is 0 Å². The van der Waals surface area contributed by atoms with Gasteiger partial charge in [-0.25, -0.2) is 0 Å². The zero-order valence-electron chi connectivity index (χ0n) is 17.5. The normalized spacial score (nSPS) is 11.5. The molecule has 0 aromatic heterocycles. The number of hydrogen-bond acceptors (Lipinski definition) is 7. The van der Waals surface area contributed by atoms with E-state index in [-0.39, 0.29) is 22.2 Å². The molecule has 11 heteroatoms. The number of rotatable bonds is 4. The maximum atomic E-state index is 12.0. The zero-order valence-corrected chi connectivity index (χ0v) is 19.1. The first-order valence-corrected chi connectivity index (χ1v) is 12.5. The number of hydrogen-bond donors (Lipinski definition) is 4. The van der Waals surface area contributed by atoms with Crippen LogP contribution >= 0.6 is 0 Å². The largest absolute Gasteiger partial charge is 0.399 e. The van der Waals surface area contributed by atoms with Crippen LogP contribution in [0.1, 0.15) is 15.9 Å². The molecule has 0 radical (unpaired) electrons. The van der Waals surface area contributed by atoms with Crippen molar-refractivity contribution in [3.05, 3.63) is 96.1 Å². The average Bonchev–Trinajstić information content (AvgIpc) is 2.78. The van der Waals surface area contributed by atoms with Crippen LogP contribution in [0.4, 0.5) is 11.4 Å². The summed E-state index contributed by atoms with van der Waals surface area (Å²) in [7, 11) is -9.25. The molecule has 0 heterocycles. The third-order valence-corrected chi connectivity index (χ3v) is 6.45. The maximum Gasteiger partial charge on any atom is 0.295 e. The third kappa shape index (κ3) is 5.77. The fourth-order valence-corrected chi connectivity index (χ4v) is 4.50. The van der Waals surface area contributed by atoms with Gasteiger partial charge >= 0.3 is 0 Å². The summed E-state index contributed by atoms with van der Waals surface area (Å²) in [6, 6.07) is 22.1. The summed E-state index contributed by atoms with van der Waals surface area (Å²) < 4.78 is 62.8. The average molecular weight is 501 g/mol. The molecule has 0 saturated heterocycles. The number of nitrogen functional groups attached to an aromatic ring is 2. The van der Waals surface area contributed by atoms with Crippen LogP contribution in [0.25, 0.3) is 10.8 Å². The van der Waals surface area contributed by atoms with Crippen LogP contribution in [0.3, 0.4) is 0 Å². The van der Waals surface area contributed by atoms with E-state index in [4.69, 9.17) is 20.6 Å². The van der Waals surface area contributed by atoms with Gasteiger partial charge in [0.15, 0.2) is 5.78 Å². The van der Waals surface area contributed by atoms with Gasteiger partial charge in [-0.2, -0.15) is 16.8 Å². The van der Waals surface area contributed by atoms with Crippen LogP contribution in [0.2, 0.25) is 0 Å². The fraction of sp³-hybridized carbons (Fsp3) is 0. The number of carbonyl (C=O) groups is 1. The molecular weight excluding hydrogens is 480 g/mol. The van der Waals surface area contributed by atoms with E-state index in [1.54, 1.807) is 24.3 Å². The van der Waals surface area contributed by atoms with Gasteiger partial charge in [0, 0.05) is 27.9 Å². The van der Waals surface area contributed by atoms with Crippen molar-refractivity contribution in [1.29, 1.82) is 0 Å². The molecule has 0 aliphatic heterocycles. The Morgan fingerprint density at radius 1 is 0.706 bits per heavy atom. The summed E-state index contributed by atoms with van der Waals surface area (Å²) in [5.41, 5.74) is 13.3. The van der Waals surface area contributed by atoms with Crippen LogP contribution in [-0.2, 0) is 20.2 Å². The number of carbonyl (C=O) groups excluding carboxylic acids is 1. The van der Waals surface area contributed by atoms with Crippen molar-refractivity contribution in [2.45, 2.75) is 9.79 Å². The molecule has 0 bridgehead atoms. The summed E-state index contributed by atoms with van der Waals surface area (Å²) in [6.45, 7) is 0. The SMILES string of the molecule is Nc1ccc2c(S(=O)(=O)O)cc(S(=O)(=O)O)cc2c1.Nc1ccccc1C(=O)c1ccccc1. The maximum absolute atomic E-state index is 12.0. The lowest BCUT2D eigenvalue weighted by Gasteiger charge is -2.07. The van der Waals surface area contributed by atoms with Crippen LogP contribution in [0.5, 0.6) is 0 Å². The van der Waals surface area contributed by atoms with Gasteiger partial charge < -0.3 is 11.5 Å². The number of benzene rings is 4. The highest BCUT2D eigenvalue weighted by atomic mass is 32.2. The standard InChI is InChI=1S/C13H11NO.C10H9NO6S2/c14-12-9-5-4-8-11(12)13(15)10-6-2-1-3-7-10;11-7-1-2-9-6(3-7)4-8(18(12,13)14)5-10(9)19(15,16)17/h1-9H,14H2;1-5H,11H2,(H,12,13,14)(H,15,16,17). The second-order valence-corrected chi connectivity index (χ2v) is 9.95.